The van der Waals surface area contributed by atoms with Crippen LogP contribution in [0.2, 0.25) is 0 Å². The van der Waals surface area contributed by atoms with Gasteiger partial charge in [-0.1, -0.05) is 18.2 Å². The van der Waals surface area contributed by atoms with Gasteiger partial charge in [-0.3, -0.25) is 0 Å². The highest BCUT2D eigenvalue weighted by atomic mass is 16.5. The summed E-state index contributed by atoms with van der Waals surface area (Å²) in [5, 5.41) is 30.1. The molecule has 0 amide bonds. The number of aliphatic hydroxyl groups is 1. The Morgan fingerprint density at radius 1 is 1.24 bits per heavy atom. The fraction of sp³-hybridized carbons (Fsp3) is 0.300. The molecule has 0 saturated heterocycles. The van der Waals surface area contributed by atoms with Gasteiger partial charge in [0.05, 0.1) is 18.6 Å². The number of fused-ring (bicyclic) bond motifs is 5. The van der Waals surface area contributed by atoms with E-state index in [0.29, 0.717) is 29.2 Å². The molecule has 2 unspecified atom stereocenters. The van der Waals surface area contributed by atoms with Gasteiger partial charge >= 0.3 is 0 Å². The second-order valence-electron chi connectivity index (χ2n) is 6.73. The maximum Gasteiger partial charge on any atom is 0.138 e. The van der Waals surface area contributed by atoms with Crippen molar-refractivity contribution >= 4 is 0 Å². The number of benzene rings is 2. The van der Waals surface area contributed by atoms with E-state index < -0.39 is 6.10 Å². The van der Waals surface area contributed by atoms with Gasteiger partial charge in [-0.2, -0.15) is 0 Å². The van der Waals surface area contributed by atoms with E-state index >= 15 is 0 Å². The van der Waals surface area contributed by atoms with E-state index in [4.69, 9.17) is 9.47 Å². The van der Waals surface area contributed by atoms with Crippen molar-refractivity contribution in [3.05, 3.63) is 59.2 Å². The zero-order chi connectivity index (χ0) is 17.7. The first-order valence-electron chi connectivity index (χ1n) is 8.26. The number of hydrogen-bond donors (Lipinski definition) is 3. The topological polar surface area (TPSA) is 79.2 Å². The zero-order valence-corrected chi connectivity index (χ0v) is 13.9. The van der Waals surface area contributed by atoms with Crippen molar-refractivity contribution in [3.63, 3.8) is 0 Å². The average Bonchev–Trinajstić information content (AvgIpc) is 2.95. The smallest absolute Gasteiger partial charge is 0.138 e. The maximum atomic E-state index is 10.3. The number of phenols is 2. The lowest BCUT2D eigenvalue weighted by Crippen LogP contribution is -2.23. The Labute approximate surface area is 145 Å². The van der Waals surface area contributed by atoms with Gasteiger partial charge in [0.15, 0.2) is 0 Å². The Hall–Kier alpha value is -2.66. The fourth-order valence-corrected chi connectivity index (χ4v) is 3.52. The van der Waals surface area contributed by atoms with Gasteiger partial charge < -0.3 is 24.8 Å². The van der Waals surface area contributed by atoms with Crippen LogP contribution in [0.5, 0.6) is 23.0 Å². The molecule has 2 aromatic rings. The minimum Gasteiger partial charge on any atom is -0.508 e. The van der Waals surface area contributed by atoms with Crippen LogP contribution in [0, 0.1) is 0 Å². The fourth-order valence-electron chi connectivity index (χ4n) is 3.52. The molecule has 2 heterocycles. The van der Waals surface area contributed by atoms with Crippen molar-refractivity contribution in [3.8, 4) is 23.0 Å². The van der Waals surface area contributed by atoms with Crippen molar-refractivity contribution < 1.29 is 24.8 Å². The third-order valence-electron chi connectivity index (χ3n) is 4.96. The molecule has 0 aromatic heterocycles. The lowest BCUT2D eigenvalue weighted by molar-refractivity contribution is 0.137. The summed E-state index contributed by atoms with van der Waals surface area (Å²) in [4.78, 5) is 0. The molecule has 2 aliphatic heterocycles. The molecule has 0 spiro atoms. The third-order valence-corrected chi connectivity index (χ3v) is 4.96. The van der Waals surface area contributed by atoms with Crippen molar-refractivity contribution in [1.29, 1.82) is 0 Å². The molecule has 2 aromatic carbocycles. The Morgan fingerprint density at radius 2 is 2.00 bits per heavy atom. The molecule has 130 valence electrons. The van der Waals surface area contributed by atoms with Crippen LogP contribution in [0.15, 0.2) is 42.5 Å². The molecule has 3 N–H and O–H groups in total. The van der Waals surface area contributed by atoms with Crippen LogP contribution in [0.25, 0.3) is 0 Å². The summed E-state index contributed by atoms with van der Waals surface area (Å²) in [7, 11) is 0. The van der Waals surface area contributed by atoms with Gasteiger partial charge in [0, 0.05) is 29.2 Å². The normalized spacial score (nSPS) is 21.4. The maximum absolute atomic E-state index is 10.3. The quantitative estimate of drug-likeness (QED) is 0.748. The molecule has 0 fully saturated rings. The van der Waals surface area contributed by atoms with Crippen molar-refractivity contribution in [2.45, 2.75) is 31.5 Å². The average molecular weight is 340 g/mol. The number of aromatic hydroxyl groups is 2. The Kier molecular flexibility index (Phi) is 3.62. The lowest BCUT2D eigenvalue weighted by Gasteiger charge is -2.27. The van der Waals surface area contributed by atoms with Crippen molar-refractivity contribution in [1.82, 2.24) is 0 Å². The van der Waals surface area contributed by atoms with Crippen LogP contribution < -0.4 is 9.47 Å². The largest absolute Gasteiger partial charge is 0.508 e. The number of hydrogen-bond acceptors (Lipinski definition) is 5. The summed E-state index contributed by atoms with van der Waals surface area (Å²) in [6.45, 7) is 5.95. The van der Waals surface area contributed by atoms with Gasteiger partial charge in [-0.25, -0.2) is 0 Å². The van der Waals surface area contributed by atoms with E-state index in [2.05, 4.69) is 6.58 Å². The van der Waals surface area contributed by atoms with E-state index in [1.165, 1.54) is 0 Å². The summed E-state index contributed by atoms with van der Waals surface area (Å²) < 4.78 is 12.0. The molecule has 0 bridgehead atoms. The summed E-state index contributed by atoms with van der Waals surface area (Å²) in [6.07, 6.45) is -0.737. The molecule has 0 radical (unpaired) electrons. The molecule has 2 aliphatic rings. The first-order valence-corrected chi connectivity index (χ1v) is 8.26. The predicted octanol–water partition coefficient (Wildman–Crippen LogP) is 3.19. The highest BCUT2D eigenvalue weighted by Crippen LogP contribution is 2.53. The molecule has 4 rings (SSSR count). The first-order chi connectivity index (χ1) is 12.0. The molecule has 25 heavy (non-hydrogen) atoms. The van der Waals surface area contributed by atoms with Crippen molar-refractivity contribution in [2.75, 3.05) is 6.61 Å². The highest BCUT2D eigenvalue weighted by molar-refractivity contribution is 5.57. The van der Waals surface area contributed by atoms with E-state index in [0.717, 1.165) is 11.1 Å². The third kappa shape index (κ3) is 2.51. The van der Waals surface area contributed by atoms with Crippen LogP contribution in [0.4, 0.5) is 0 Å². The number of phenolic OH excluding ortho intramolecular Hbond substituents is 2. The molecular weight excluding hydrogens is 320 g/mol. The lowest BCUT2D eigenvalue weighted by atomic mass is 9.88. The summed E-state index contributed by atoms with van der Waals surface area (Å²) in [6, 6.07) is 8.48. The second-order valence-corrected chi connectivity index (χ2v) is 6.73. The standard InChI is InChI=1S/C20H20O5/c1-10(2)17(23)8-14-16(22)6-5-12-15-9-24-18-7-11(21)3-4-13(18)20(15)25-19(12)14/h3-7,15,17,20-23H,1,8-9H2,2H3/t15?,17-,20?/m0/s1. The summed E-state index contributed by atoms with van der Waals surface area (Å²) in [5.74, 6) is 1.48. The van der Waals surface area contributed by atoms with E-state index in [-0.39, 0.29) is 29.9 Å². The van der Waals surface area contributed by atoms with Gasteiger partial charge in [-0.15, -0.1) is 0 Å². The van der Waals surface area contributed by atoms with E-state index in [1.54, 1.807) is 31.2 Å². The minimum atomic E-state index is -0.746. The van der Waals surface area contributed by atoms with E-state index in [9.17, 15) is 15.3 Å². The van der Waals surface area contributed by atoms with E-state index in [1.807, 2.05) is 6.07 Å². The Balaban J connectivity index is 1.75. The van der Waals surface area contributed by atoms with Gasteiger partial charge in [-0.05, 0) is 25.1 Å². The Bertz CT molecular complexity index is 857. The molecule has 3 atom stereocenters. The predicted molar refractivity (Wildman–Crippen MR) is 92.3 cm³/mol. The number of rotatable bonds is 3. The number of ether oxygens (including phenoxy) is 2. The van der Waals surface area contributed by atoms with Crippen LogP contribution in [0.1, 0.15) is 35.6 Å². The van der Waals surface area contributed by atoms with Gasteiger partial charge in [0.1, 0.15) is 29.1 Å². The first kappa shape index (κ1) is 15.8. The van der Waals surface area contributed by atoms with Gasteiger partial charge in [0.2, 0.25) is 0 Å². The molecule has 5 nitrogen and oxygen atoms in total. The molecular formula is C20H20O5. The van der Waals surface area contributed by atoms with Crippen LogP contribution in [0.3, 0.4) is 0 Å². The second kappa shape index (κ2) is 5.70. The van der Waals surface area contributed by atoms with Crippen molar-refractivity contribution in [2.24, 2.45) is 0 Å². The molecule has 0 aliphatic carbocycles. The monoisotopic (exact) mass is 340 g/mol. The highest BCUT2D eigenvalue weighted by Gasteiger charge is 2.42. The molecule has 0 saturated carbocycles. The Morgan fingerprint density at radius 3 is 2.76 bits per heavy atom. The summed E-state index contributed by atoms with van der Waals surface area (Å²) in [5.41, 5.74) is 3.06. The number of aliphatic hydroxyl groups excluding tert-OH is 1. The van der Waals surface area contributed by atoms with Gasteiger partial charge in [0.25, 0.3) is 0 Å². The summed E-state index contributed by atoms with van der Waals surface area (Å²) >= 11 is 0. The van der Waals surface area contributed by atoms with Crippen LogP contribution in [-0.2, 0) is 6.42 Å². The van der Waals surface area contributed by atoms with Crippen LogP contribution in [-0.4, -0.2) is 28.0 Å². The SMILES string of the molecule is C=C(C)[C@@H](O)Cc1c(O)ccc2c1OC1c3ccc(O)cc3OCC21. The molecule has 5 heteroatoms. The minimum absolute atomic E-state index is 0.00774. The zero-order valence-electron chi connectivity index (χ0n) is 13.9. The van der Waals surface area contributed by atoms with Crippen LogP contribution >= 0.6 is 0 Å².